The van der Waals surface area contributed by atoms with E-state index in [1.165, 1.54) is 15.4 Å². The van der Waals surface area contributed by atoms with Gasteiger partial charge in [-0.1, -0.05) is 30.3 Å². The fraction of sp³-hybridized carbons (Fsp3) is 0.308. The van der Waals surface area contributed by atoms with E-state index in [1.54, 1.807) is 23.1 Å². The number of hydrogen-bond acceptors (Lipinski definition) is 4. The van der Waals surface area contributed by atoms with Gasteiger partial charge < -0.3 is 5.73 Å². The van der Waals surface area contributed by atoms with Gasteiger partial charge in [-0.2, -0.15) is 11.8 Å². The molecule has 2 nitrogen and oxygen atoms in total. The second-order valence-corrected chi connectivity index (χ2v) is 5.75. The van der Waals surface area contributed by atoms with E-state index in [0.29, 0.717) is 6.54 Å². The van der Waals surface area contributed by atoms with E-state index >= 15 is 0 Å². The first-order valence-corrected chi connectivity index (χ1v) is 7.79. The summed E-state index contributed by atoms with van der Waals surface area (Å²) in [6.45, 7) is 0.681. The summed E-state index contributed by atoms with van der Waals surface area (Å²) < 4.78 is 0. The summed E-state index contributed by atoms with van der Waals surface area (Å²) in [5.74, 6) is 0.981. The lowest BCUT2D eigenvalue weighted by Crippen LogP contribution is -2.02. The Morgan fingerprint density at radius 3 is 2.71 bits per heavy atom. The summed E-state index contributed by atoms with van der Waals surface area (Å²) in [5, 5.41) is 1.19. The summed E-state index contributed by atoms with van der Waals surface area (Å²) in [7, 11) is 0. The molecular weight excluding hydrogens is 248 g/mol. The molecule has 0 saturated heterocycles. The molecule has 1 aromatic carbocycles. The summed E-state index contributed by atoms with van der Waals surface area (Å²) in [6, 6.07) is 10.3. The molecule has 0 aliphatic carbocycles. The predicted molar refractivity (Wildman–Crippen MR) is 77.5 cm³/mol. The Hall–Kier alpha value is -0.840. The van der Waals surface area contributed by atoms with Crippen molar-refractivity contribution >= 4 is 23.1 Å². The van der Waals surface area contributed by atoms with Gasteiger partial charge in [0.1, 0.15) is 5.01 Å². The first-order chi connectivity index (χ1) is 8.35. The molecule has 90 valence electrons. The molecule has 1 aromatic heterocycles. The molecule has 0 atom stereocenters. The molecule has 2 N–H and O–H groups in total. The second-order valence-electron chi connectivity index (χ2n) is 3.72. The average molecular weight is 264 g/mol. The van der Waals surface area contributed by atoms with Crippen LogP contribution in [0.2, 0.25) is 0 Å². The monoisotopic (exact) mass is 264 g/mol. The van der Waals surface area contributed by atoms with E-state index in [1.807, 2.05) is 6.07 Å². The molecule has 0 aliphatic heterocycles. The van der Waals surface area contributed by atoms with Crippen LogP contribution in [0.25, 0.3) is 11.3 Å². The Bertz CT molecular complexity index is 466. The van der Waals surface area contributed by atoms with Gasteiger partial charge in [0.15, 0.2) is 0 Å². The van der Waals surface area contributed by atoms with Crippen LogP contribution in [0.15, 0.2) is 30.3 Å². The van der Waals surface area contributed by atoms with Crippen LogP contribution in [-0.4, -0.2) is 17.8 Å². The van der Waals surface area contributed by atoms with E-state index in [0.717, 1.165) is 17.9 Å². The van der Waals surface area contributed by atoms with Gasteiger partial charge in [0.05, 0.1) is 5.69 Å². The van der Waals surface area contributed by atoms with Gasteiger partial charge in [-0.15, -0.1) is 11.3 Å². The topological polar surface area (TPSA) is 38.9 Å². The number of thiazole rings is 1. The lowest BCUT2D eigenvalue weighted by Gasteiger charge is -2.00. The first-order valence-electron chi connectivity index (χ1n) is 5.58. The summed E-state index contributed by atoms with van der Waals surface area (Å²) >= 11 is 3.60. The lowest BCUT2D eigenvalue weighted by molar-refractivity contribution is 0.985. The zero-order valence-corrected chi connectivity index (χ0v) is 11.5. The maximum Gasteiger partial charge on any atom is 0.103 e. The van der Waals surface area contributed by atoms with Crippen molar-refractivity contribution < 1.29 is 0 Å². The predicted octanol–water partition coefficient (Wildman–Crippen LogP) is 3.17. The molecule has 0 spiro atoms. The molecule has 4 heteroatoms. The number of aromatic nitrogens is 1. The van der Waals surface area contributed by atoms with E-state index < -0.39 is 0 Å². The largest absolute Gasteiger partial charge is 0.330 e. The van der Waals surface area contributed by atoms with Crippen molar-refractivity contribution in [2.75, 3.05) is 12.8 Å². The normalized spacial score (nSPS) is 10.7. The second kappa shape index (κ2) is 6.19. The zero-order valence-electron chi connectivity index (χ0n) is 9.85. The highest BCUT2D eigenvalue weighted by Gasteiger charge is 2.11. The third kappa shape index (κ3) is 3.09. The first kappa shape index (κ1) is 12.6. The van der Waals surface area contributed by atoms with Gasteiger partial charge >= 0.3 is 0 Å². The Morgan fingerprint density at radius 2 is 2.06 bits per heavy atom. The van der Waals surface area contributed by atoms with Gasteiger partial charge in [-0.3, -0.25) is 0 Å². The maximum absolute atomic E-state index is 5.66. The molecule has 2 aromatic rings. The highest BCUT2D eigenvalue weighted by molar-refractivity contribution is 7.97. The number of benzene rings is 1. The summed E-state index contributed by atoms with van der Waals surface area (Å²) in [5.41, 5.74) is 7.97. The van der Waals surface area contributed by atoms with E-state index in [9.17, 15) is 0 Å². The minimum absolute atomic E-state index is 0.681. The van der Waals surface area contributed by atoms with Crippen molar-refractivity contribution in [3.05, 3.63) is 40.2 Å². The molecule has 17 heavy (non-hydrogen) atoms. The summed E-state index contributed by atoms with van der Waals surface area (Å²) in [6.07, 6.45) is 3.02. The van der Waals surface area contributed by atoms with E-state index in [2.05, 4.69) is 30.5 Å². The van der Waals surface area contributed by atoms with Gasteiger partial charge in [-0.25, -0.2) is 4.98 Å². The van der Waals surface area contributed by atoms with Crippen molar-refractivity contribution in [2.24, 2.45) is 5.73 Å². The Balaban J connectivity index is 2.37. The molecule has 0 saturated carbocycles. The lowest BCUT2D eigenvalue weighted by atomic mass is 10.1. The quantitative estimate of drug-likeness (QED) is 0.901. The molecule has 0 radical (unpaired) electrons. The molecule has 0 aliphatic rings. The SMILES string of the molecule is CSCc1nc(-c2ccccc2)c(CCN)s1. The van der Waals surface area contributed by atoms with Crippen LogP contribution in [0.4, 0.5) is 0 Å². The standard InChI is InChI=1S/C13H16N2S2/c1-16-9-12-15-13(11(17-12)7-8-14)10-5-3-2-4-6-10/h2-6H,7-9,14H2,1H3. The number of thioether (sulfide) groups is 1. The van der Waals surface area contributed by atoms with Crippen molar-refractivity contribution in [1.82, 2.24) is 4.98 Å². The van der Waals surface area contributed by atoms with Crippen molar-refractivity contribution in [3.63, 3.8) is 0 Å². The van der Waals surface area contributed by atoms with Crippen LogP contribution in [0, 0.1) is 0 Å². The van der Waals surface area contributed by atoms with Gasteiger partial charge in [-0.05, 0) is 19.2 Å². The molecule has 0 fully saturated rings. The minimum Gasteiger partial charge on any atom is -0.330 e. The van der Waals surface area contributed by atoms with Crippen LogP contribution in [0.3, 0.4) is 0 Å². The zero-order chi connectivity index (χ0) is 12.1. The molecule has 2 rings (SSSR count). The van der Waals surface area contributed by atoms with Gasteiger partial charge in [0.25, 0.3) is 0 Å². The number of nitrogens with two attached hydrogens (primary N) is 1. The van der Waals surface area contributed by atoms with Crippen LogP contribution in [0.1, 0.15) is 9.88 Å². The van der Waals surface area contributed by atoms with Crippen LogP contribution < -0.4 is 5.73 Å². The number of hydrogen-bond donors (Lipinski definition) is 1. The molecule has 1 heterocycles. The van der Waals surface area contributed by atoms with E-state index in [4.69, 9.17) is 10.7 Å². The fourth-order valence-electron chi connectivity index (χ4n) is 1.71. The molecule has 0 bridgehead atoms. The summed E-state index contributed by atoms with van der Waals surface area (Å²) in [4.78, 5) is 6.04. The van der Waals surface area contributed by atoms with E-state index in [-0.39, 0.29) is 0 Å². The Labute approximate surface area is 110 Å². The Kier molecular flexibility index (Phi) is 4.59. The van der Waals surface area contributed by atoms with Gasteiger partial charge in [0, 0.05) is 16.2 Å². The highest BCUT2D eigenvalue weighted by atomic mass is 32.2. The van der Waals surface area contributed by atoms with Crippen molar-refractivity contribution in [3.8, 4) is 11.3 Å². The van der Waals surface area contributed by atoms with Crippen molar-refractivity contribution in [1.29, 1.82) is 0 Å². The minimum atomic E-state index is 0.681. The average Bonchev–Trinajstić information content (AvgIpc) is 2.74. The highest BCUT2D eigenvalue weighted by Crippen LogP contribution is 2.29. The molecule has 0 amide bonds. The third-order valence-corrected chi connectivity index (χ3v) is 4.29. The molecule has 0 unspecified atom stereocenters. The smallest absolute Gasteiger partial charge is 0.103 e. The number of nitrogens with zero attached hydrogens (tertiary/aromatic N) is 1. The van der Waals surface area contributed by atoms with Gasteiger partial charge in [0.2, 0.25) is 0 Å². The van der Waals surface area contributed by atoms with Crippen LogP contribution >= 0.6 is 23.1 Å². The third-order valence-electron chi connectivity index (χ3n) is 2.43. The van der Waals surface area contributed by atoms with Crippen LogP contribution in [-0.2, 0) is 12.2 Å². The maximum atomic E-state index is 5.66. The van der Waals surface area contributed by atoms with Crippen LogP contribution in [0.5, 0.6) is 0 Å². The van der Waals surface area contributed by atoms with Crippen molar-refractivity contribution in [2.45, 2.75) is 12.2 Å². The fourth-order valence-corrected chi connectivity index (χ4v) is 3.51. The Morgan fingerprint density at radius 1 is 1.29 bits per heavy atom. The number of rotatable bonds is 5. The molecular formula is C13H16N2S2.